The maximum Gasteiger partial charge on any atom is 0.222 e. The Kier molecular flexibility index (Phi) is 3.77. The van der Waals surface area contributed by atoms with Crippen molar-refractivity contribution in [3.63, 3.8) is 0 Å². The first kappa shape index (κ1) is 12.8. The third kappa shape index (κ3) is 2.86. The highest BCUT2D eigenvalue weighted by molar-refractivity contribution is 6.30. The lowest BCUT2D eigenvalue weighted by Crippen LogP contribution is -2.26. The molecule has 0 N–H and O–H groups in total. The summed E-state index contributed by atoms with van der Waals surface area (Å²) in [6.07, 6.45) is 6.06. The molecular formula is C12H15ClN2O. The molecule has 0 aliphatic carbocycles. The van der Waals surface area contributed by atoms with Gasteiger partial charge in [0.05, 0.1) is 0 Å². The molecule has 0 saturated carbocycles. The number of rotatable bonds is 3. The Bertz CT molecular complexity index is 435. The van der Waals surface area contributed by atoms with E-state index in [-0.39, 0.29) is 0 Å². The molecule has 1 aromatic heterocycles. The molecule has 0 saturated heterocycles. The molecule has 0 amide bonds. The van der Waals surface area contributed by atoms with Crippen molar-refractivity contribution in [2.24, 2.45) is 0 Å². The third-order valence-corrected chi connectivity index (χ3v) is 2.47. The maximum atomic E-state index is 5.99. The van der Waals surface area contributed by atoms with Crippen LogP contribution in [0.2, 0.25) is 5.15 Å². The van der Waals surface area contributed by atoms with Crippen molar-refractivity contribution in [1.29, 1.82) is 0 Å². The predicted octanol–water partition coefficient (Wildman–Crippen LogP) is 2.79. The van der Waals surface area contributed by atoms with Gasteiger partial charge in [0.15, 0.2) is 5.60 Å². The number of hydrogen-bond acceptors (Lipinski definition) is 3. The minimum Gasteiger partial charge on any atom is -0.458 e. The van der Waals surface area contributed by atoms with Crippen LogP contribution in [0.15, 0.2) is 0 Å². The normalized spacial score (nSPS) is 11.0. The van der Waals surface area contributed by atoms with E-state index < -0.39 is 5.60 Å². The van der Waals surface area contributed by atoms with Crippen molar-refractivity contribution >= 4 is 11.6 Å². The van der Waals surface area contributed by atoms with Gasteiger partial charge in [-0.15, -0.1) is 6.42 Å². The molecule has 0 spiro atoms. The number of aromatic nitrogens is 2. The van der Waals surface area contributed by atoms with Gasteiger partial charge in [-0.3, -0.25) is 0 Å². The Morgan fingerprint density at radius 3 is 2.56 bits per heavy atom. The first-order valence-electron chi connectivity index (χ1n) is 5.09. The standard InChI is InChI=1S/C12H15ClN2O/c1-6-9-14-10(13)8(3)11(15-9)16-12(4,5)7-2/h2H,6H2,1,3-5H3. The summed E-state index contributed by atoms with van der Waals surface area (Å²) in [6, 6.07) is 0. The second-order valence-corrected chi connectivity index (χ2v) is 4.33. The summed E-state index contributed by atoms with van der Waals surface area (Å²) in [6.45, 7) is 7.36. The molecule has 0 bridgehead atoms. The molecule has 1 heterocycles. The minimum atomic E-state index is -0.701. The molecule has 0 unspecified atom stereocenters. The van der Waals surface area contributed by atoms with Crippen molar-refractivity contribution in [1.82, 2.24) is 9.97 Å². The van der Waals surface area contributed by atoms with Crippen LogP contribution in [0.4, 0.5) is 0 Å². The largest absolute Gasteiger partial charge is 0.458 e. The first-order chi connectivity index (χ1) is 7.39. The van der Waals surface area contributed by atoms with Crippen LogP contribution in [0, 0.1) is 19.3 Å². The first-order valence-corrected chi connectivity index (χ1v) is 5.47. The summed E-state index contributed by atoms with van der Waals surface area (Å²) in [5.41, 5.74) is 0.00942. The van der Waals surface area contributed by atoms with Gasteiger partial charge in [-0.25, -0.2) is 4.98 Å². The fourth-order valence-electron chi connectivity index (χ4n) is 1.04. The van der Waals surface area contributed by atoms with E-state index >= 15 is 0 Å². The lowest BCUT2D eigenvalue weighted by atomic mass is 10.1. The summed E-state index contributed by atoms with van der Waals surface area (Å²) in [4.78, 5) is 8.40. The Labute approximate surface area is 101 Å². The molecule has 0 fully saturated rings. The predicted molar refractivity (Wildman–Crippen MR) is 64.7 cm³/mol. The highest BCUT2D eigenvalue weighted by Crippen LogP contribution is 2.25. The van der Waals surface area contributed by atoms with Gasteiger partial charge in [0, 0.05) is 12.0 Å². The molecule has 0 atom stereocenters. The van der Waals surface area contributed by atoms with E-state index in [0.29, 0.717) is 28.8 Å². The van der Waals surface area contributed by atoms with Crippen molar-refractivity contribution in [2.75, 3.05) is 0 Å². The average Bonchev–Trinajstić information content (AvgIpc) is 2.24. The minimum absolute atomic E-state index is 0.412. The molecule has 3 nitrogen and oxygen atoms in total. The van der Waals surface area contributed by atoms with Crippen LogP contribution in [-0.4, -0.2) is 15.6 Å². The van der Waals surface area contributed by atoms with E-state index in [9.17, 15) is 0 Å². The number of hydrogen-bond donors (Lipinski definition) is 0. The lowest BCUT2D eigenvalue weighted by molar-refractivity contribution is 0.162. The molecule has 0 aliphatic rings. The van der Waals surface area contributed by atoms with E-state index in [2.05, 4.69) is 15.9 Å². The van der Waals surface area contributed by atoms with Gasteiger partial charge in [0.25, 0.3) is 0 Å². The van der Waals surface area contributed by atoms with Gasteiger partial charge >= 0.3 is 0 Å². The molecule has 86 valence electrons. The summed E-state index contributed by atoms with van der Waals surface area (Å²) in [5.74, 6) is 3.66. The fraction of sp³-hybridized carbons (Fsp3) is 0.500. The van der Waals surface area contributed by atoms with E-state index in [1.54, 1.807) is 13.8 Å². The molecule has 0 aromatic carbocycles. The number of ether oxygens (including phenoxy) is 1. The SMILES string of the molecule is C#CC(C)(C)Oc1nc(CC)nc(Cl)c1C. The van der Waals surface area contributed by atoms with Crippen LogP contribution in [0.5, 0.6) is 5.88 Å². The van der Waals surface area contributed by atoms with Gasteiger partial charge in [0.1, 0.15) is 11.0 Å². The average molecular weight is 239 g/mol. The Morgan fingerprint density at radius 1 is 1.44 bits per heavy atom. The monoisotopic (exact) mass is 238 g/mol. The Balaban J connectivity index is 3.14. The van der Waals surface area contributed by atoms with Gasteiger partial charge in [-0.1, -0.05) is 24.4 Å². The lowest BCUT2D eigenvalue weighted by Gasteiger charge is -2.21. The van der Waals surface area contributed by atoms with Crippen molar-refractivity contribution < 1.29 is 4.74 Å². The fourth-order valence-corrected chi connectivity index (χ4v) is 1.22. The van der Waals surface area contributed by atoms with E-state index in [1.165, 1.54) is 0 Å². The van der Waals surface area contributed by atoms with Crippen LogP contribution in [0.3, 0.4) is 0 Å². The summed E-state index contributed by atoms with van der Waals surface area (Å²) < 4.78 is 5.63. The number of aryl methyl sites for hydroxylation is 1. The zero-order valence-electron chi connectivity index (χ0n) is 9.97. The van der Waals surface area contributed by atoms with E-state index in [0.717, 1.165) is 0 Å². The third-order valence-electron chi connectivity index (χ3n) is 2.10. The number of halogens is 1. The van der Waals surface area contributed by atoms with Gasteiger partial charge in [-0.2, -0.15) is 4.98 Å². The smallest absolute Gasteiger partial charge is 0.222 e. The molecule has 16 heavy (non-hydrogen) atoms. The summed E-state index contributed by atoms with van der Waals surface area (Å²) in [5, 5.41) is 0.412. The summed E-state index contributed by atoms with van der Waals surface area (Å²) in [7, 11) is 0. The van der Waals surface area contributed by atoms with Gasteiger partial charge in [-0.05, 0) is 20.8 Å². The Hall–Kier alpha value is -1.27. The number of terminal acetylenes is 1. The van der Waals surface area contributed by atoms with Gasteiger partial charge in [0.2, 0.25) is 5.88 Å². The number of nitrogens with zero attached hydrogens (tertiary/aromatic N) is 2. The van der Waals surface area contributed by atoms with E-state index in [4.69, 9.17) is 22.8 Å². The quantitative estimate of drug-likeness (QED) is 0.600. The van der Waals surface area contributed by atoms with Crippen LogP contribution >= 0.6 is 11.6 Å². The second-order valence-electron chi connectivity index (χ2n) is 3.97. The molecular weight excluding hydrogens is 224 g/mol. The molecule has 4 heteroatoms. The zero-order chi connectivity index (χ0) is 12.3. The highest BCUT2D eigenvalue weighted by Gasteiger charge is 2.19. The Morgan fingerprint density at radius 2 is 2.06 bits per heavy atom. The highest BCUT2D eigenvalue weighted by atomic mass is 35.5. The second kappa shape index (κ2) is 4.71. The van der Waals surface area contributed by atoms with E-state index in [1.807, 2.05) is 13.8 Å². The maximum absolute atomic E-state index is 5.99. The molecule has 0 aliphatic heterocycles. The van der Waals surface area contributed by atoms with Crippen molar-refractivity contribution in [3.05, 3.63) is 16.5 Å². The van der Waals surface area contributed by atoms with Crippen molar-refractivity contribution in [3.8, 4) is 18.2 Å². The van der Waals surface area contributed by atoms with Crippen LogP contribution < -0.4 is 4.74 Å². The van der Waals surface area contributed by atoms with Gasteiger partial charge < -0.3 is 4.74 Å². The summed E-state index contributed by atoms with van der Waals surface area (Å²) >= 11 is 5.99. The van der Waals surface area contributed by atoms with Crippen LogP contribution in [0.25, 0.3) is 0 Å². The van der Waals surface area contributed by atoms with Crippen LogP contribution in [0.1, 0.15) is 32.2 Å². The van der Waals surface area contributed by atoms with Crippen molar-refractivity contribution in [2.45, 2.75) is 39.7 Å². The molecule has 1 aromatic rings. The topological polar surface area (TPSA) is 35.0 Å². The van der Waals surface area contributed by atoms with Crippen LogP contribution in [-0.2, 0) is 6.42 Å². The molecule has 1 rings (SSSR count). The zero-order valence-corrected chi connectivity index (χ0v) is 10.7. The molecule has 0 radical (unpaired) electrons.